The third kappa shape index (κ3) is 2.12. The molecule has 82 valence electrons. The number of carbonyl (C=O) groups is 1. The molecule has 0 aliphatic rings. The van der Waals surface area contributed by atoms with Gasteiger partial charge in [-0.2, -0.15) is 0 Å². The Kier molecular flexibility index (Phi) is 3.04. The van der Waals surface area contributed by atoms with Crippen molar-refractivity contribution in [1.29, 1.82) is 0 Å². The summed E-state index contributed by atoms with van der Waals surface area (Å²) in [4.78, 5) is 14.2. The maximum Gasteiger partial charge on any atom is 0.333 e. The Labute approximate surface area is 86.4 Å². The zero-order chi connectivity index (χ0) is 11.6. The van der Waals surface area contributed by atoms with Crippen LogP contribution in [0.4, 0.5) is 4.39 Å². The number of pyridine rings is 1. The minimum Gasteiger partial charge on any atom is -0.479 e. The van der Waals surface area contributed by atoms with E-state index in [9.17, 15) is 14.3 Å². The van der Waals surface area contributed by atoms with Crippen LogP contribution in [0, 0.1) is 5.82 Å². The van der Waals surface area contributed by atoms with Crippen molar-refractivity contribution in [3.05, 3.63) is 29.8 Å². The van der Waals surface area contributed by atoms with Crippen LogP contribution in [-0.2, 0) is 10.2 Å². The number of nitrogens with zero attached hydrogens (tertiary/aromatic N) is 1. The Balaban J connectivity index is 3.16. The van der Waals surface area contributed by atoms with E-state index in [0.29, 0.717) is 0 Å². The number of halogens is 1. The molecule has 1 unspecified atom stereocenters. The second-order valence-corrected chi connectivity index (χ2v) is 3.82. The van der Waals surface area contributed by atoms with Gasteiger partial charge >= 0.3 is 5.97 Å². The molecule has 1 aromatic rings. The number of carboxylic acid groups (broad SMARTS) is 1. The fourth-order valence-electron chi connectivity index (χ4n) is 1.35. The first-order valence-corrected chi connectivity index (χ1v) is 4.38. The molecular weight excluding hydrogens is 201 g/mol. The lowest BCUT2D eigenvalue weighted by atomic mass is 9.79. The Morgan fingerprint density at radius 3 is 2.67 bits per heavy atom. The lowest BCUT2D eigenvalue weighted by Gasteiger charge is -2.28. The van der Waals surface area contributed by atoms with E-state index in [4.69, 9.17) is 5.11 Å². The number of rotatable bonds is 3. The lowest BCUT2D eigenvalue weighted by molar-refractivity contribution is -0.150. The standard InChI is InChI=1S/C10H12FNO3/c1-10(2,8(13)9(14)15)6-3-4-12-5-7(6)11/h3-5,8,13H,1-2H3,(H,14,15). The van der Waals surface area contributed by atoms with Crippen molar-refractivity contribution in [2.24, 2.45) is 0 Å². The molecule has 2 N–H and O–H groups in total. The molecule has 0 aliphatic carbocycles. The summed E-state index contributed by atoms with van der Waals surface area (Å²) in [6.45, 7) is 2.92. The van der Waals surface area contributed by atoms with Crippen molar-refractivity contribution in [2.45, 2.75) is 25.4 Å². The van der Waals surface area contributed by atoms with Gasteiger partial charge < -0.3 is 10.2 Å². The molecule has 4 nitrogen and oxygen atoms in total. The highest BCUT2D eigenvalue weighted by atomic mass is 19.1. The average Bonchev–Trinajstić information content (AvgIpc) is 2.16. The number of aromatic nitrogens is 1. The molecule has 0 bridgehead atoms. The SMILES string of the molecule is CC(C)(c1ccncc1F)C(O)C(=O)O. The maximum atomic E-state index is 13.3. The Morgan fingerprint density at radius 2 is 2.20 bits per heavy atom. The summed E-state index contributed by atoms with van der Waals surface area (Å²) in [5.41, 5.74) is -1.06. The number of hydrogen-bond donors (Lipinski definition) is 2. The number of aliphatic hydroxyl groups excluding tert-OH is 1. The van der Waals surface area contributed by atoms with Gasteiger partial charge in [-0.3, -0.25) is 4.98 Å². The molecule has 1 heterocycles. The van der Waals surface area contributed by atoms with Crippen molar-refractivity contribution >= 4 is 5.97 Å². The first kappa shape index (κ1) is 11.6. The Morgan fingerprint density at radius 1 is 1.60 bits per heavy atom. The third-order valence-electron chi connectivity index (χ3n) is 2.38. The number of aliphatic hydroxyl groups is 1. The van der Waals surface area contributed by atoms with Gasteiger partial charge in [0.15, 0.2) is 6.10 Å². The summed E-state index contributed by atoms with van der Waals surface area (Å²) in [6, 6.07) is 1.36. The molecule has 0 saturated carbocycles. The predicted octanol–water partition coefficient (Wildman–Crippen LogP) is 0.944. The lowest BCUT2D eigenvalue weighted by Crippen LogP contribution is -2.40. The van der Waals surface area contributed by atoms with E-state index in [2.05, 4.69) is 4.98 Å². The van der Waals surface area contributed by atoms with Gasteiger partial charge in [0.2, 0.25) is 0 Å². The monoisotopic (exact) mass is 213 g/mol. The Hall–Kier alpha value is -1.49. The molecule has 5 heteroatoms. The first-order valence-electron chi connectivity index (χ1n) is 4.38. The van der Waals surface area contributed by atoms with Crippen LogP contribution in [-0.4, -0.2) is 27.3 Å². The molecule has 0 aliphatic heterocycles. The molecule has 1 rings (SSSR count). The molecule has 0 saturated heterocycles. The fraction of sp³-hybridized carbons (Fsp3) is 0.400. The molecule has 15 heavy (non-hydrogen) atoms. The molecule has 0 radical (unpaired) electrons. The topological polar surface area (TPSA) is 70.4 Å². The van der Waals surface area contributed by atoms with Gasteiger partial charge in [-0.1, -0.05) is 13.8 Å². The molecule has 0 aromatic carbocycles. The zero-order valence-corrected chi connectivity index (χ0v) is 8.44. The van der Waals surface area contributed by atoms with E-state index in [0.717, 1.165) is 6.20 Å². The summed E-state index contributed by atoms with van der Waals surface area (Å²) in [6.07, 6.45) is 0.690. The summed E-state index contributed by atoms with van der Waals surface area (Å²) in [5.74, 6) is -2.00. The number of carboxylic acids is 1. The number of hydrogen-bond acceptors (Lipinski definition) is 3. The minimum absolute atomic E-state index is 0.132. The van der Waals surface area contributed by atoms with Gasteiger partial charge in [-0.05, 0) is 11.6 Å². The highest BCUT2D eigenvalue weighted by molar-refractivity contribution is 5.74. The summed E-state index contributed by atoms with van der Waals surface area (Å²) in [7, 11) is 0. The second-order valence-electron chi connectivity index (χ2n) is 3.82. The van der Waals surface area contributed by atoms with Crippen molar-refractivity contribution in [3.8, 4) is 0 Å². The average molecular weight is 213 g/mol. The normalized spacial score (nSPS) is 13.6. The minimum atomic E-state index is -1.66. The van der Waals surface area contributed by atoms with Gasteiger partial charge in [0.25, 0.3) is 0 Å². The fourth-order valence-corrected chi connectivity index (χ4v) is 1.35. The van der Waals surface area contributed by atoms with Crippen LogP contribution in [0.1, 0.15) is 19.4 Å². The largest absolute Gasteiger partial charge is 0.479 e. The maximum absolute atomic E-state index is 13.3. The molecule has 0 fully saturated rings. The second kappa shape index (κ2) is 3.94. The van der Waals surface area contributed by atoms with E-state index in [1.165, 1.54) is 26.1 Å². The van der Waals surface area contributed by atoms with Gasteiger partial charge in [-0.25, -0.2) is 9.18 Å². The van der Waals surface area contributed by atoms with Crippen molar-refractivity contribution in [3.63, 3.8) is 0 Å². The van der Waals surface area contributed by atoms with Gasteiger partial charge in [0, 0.05) is 11.6 Å². The van der Waals surface area contributed by atoms with Gasteiger partial charge in [-0.15, -0.1) is 0 Å². The van der Waals surface area contributed by atoms with E-state index in [-0.39, 0.29) is 5.56 Å². The molecule has 0 amide bonds. The van der Waals surface area contributed by atoms with Crippen LogP contribution in [0.5, 0.6) is 0 Å². The molecular formula is C10H12FNO3. The van der Waals surface area contributed by atoms with Gasteiger partial charge in [0.05, 0.1) is 6.20 Å². The van der Waals surface area contributed by atoms with E-state index >= 15 is 0 Å². The molecule has 1 aromatic heterocycles. The summed E-state index contributed by atoms with van der Waals surface area (Å²) in [5, 5.41) is 18.1. The Bertz CT molecular complexity index is 379. The van der Waals surface area contributed by atoms with E-state index < -0.39 is 23.3 Å². The quantitative estimate of drug-likeness (QED) is 0.784. The number of aliphatic carboxylic acids is 1. The van der Waals surface area contributed by atoms with Crippen molar-refractivity contribution in [2.75, 3.05) is 0 Å². The summed E-state index contributed by atoms with van der Waals surface area (Å²) >= 11 is 0. The van der Waals surface area contributed by atoms with Crippen LogP contribution in [0.3, 0.4) is 0 Å². The van der Waals surface area contributed by atoms with E-state index in [1.54, 1.807) is 0 Å². The highest BCUT2D eigenvalue weighted by Gasteiger charge is 2.37. The zero-order valence-electron chi connectivity index (χ0n) is 8.44. The van der Waals surface area contributed by atoms with Crippen molar-refractivity contribution in [1.82, 2.24) is 4.98 Å². The molecule has 0 spiro atoms. The summed E-state index contributed by atoms with van der Waals surface area (Å²) < 4.78 is 13.3. The van der Waals surface area contributed by atoms with Crippen LogP contribution in [0.15, 0.2) is 18.5 Å². The van der Waals surface area contributed by atoms with Crippen LogP contribution in [0.2, 0.25) is 0 Å². The van der Waals surface area contributed by atoms with Crippen LogP contribution < -0.4 is 0 Å². The highest BCUT2D eigenvalue weighted by Crippen LogP contribution is 2.28. The third-order valence-corrected chi connectivity index (χ3v) is 2.38. The molecule has 1 atom stereocenters. The smallest absolute Gasteiger partial charge is 0.333 e. The first-order chi connectivity index (χ1) is 6.87. The van der Waals surface area contributed by atoms with E-state index in [1.807, 2.05) is 0 Å². The van der Waals surface area contributed by atoms with Crippen LogP contribution in [0.25, 0.3) is 0 Å². The predicted molar refractivity (Wildman–Crippen MR) is 50.9 cm³/mol. The van der Waals surface area contributed by atoms with Crippen LogP contribution >= 0.6 is 0 Å². The van der Waals surface area contributed by atoms with Gasteiger partial charge in [0.1, 0.15) is 5.82 Å². The van der Waals surface area contributed by atoms with Crippen molar-refractivity contribution < 1.29 is 19.4 Å².